The summed E-state index contributed by atoms with van der Waals surface area (Å²) in [7, 11) is 1.93. The van der Waals surface area contributed by atoms with Crippen molar-refractivity contribution in [2.24, 2.45) is 18.9 Å². The van der Waals surface area contributed by atoms with Gasteiger partial charge in [-0.15, -0.1) is 0 Å². The number of ether oxygens (including phenoxy) is 2. The van der Waals surface area contributed by atoms with Crippen LogP contribution in [-0.4, -0.2) is 74.8 Å². The van der Waals surface area contributed by atoms with E-state index in [1.807, 2.05) is 99.2 Å². The molecule has 3 amide bonds. The second-order valence-electron chi connectivity index (χ2n) is 22.4. The van der Waals surface area contributed by atoms with E-state index in [0.29, 0.717) is 53.9 Å². The van der Waals surface area contributed by atoms with E-state index < -0.39 is 17.5 Å². The molecule has 6 heterocycles. The maximum Gasteiger partial charge on any atom is 0.358 e. The number of pyridine rings is 1. The summed E-state index contributed by atoms with van der Waals surface area (Å²) >= 11 is 1.45. The first-order valence-electron chi connectivity index (χ1n) is 27.3. The van der Waals surface area contributed by atoms with Gasteiger partial charge in [0, 0.05) is 61.8 Å². The van der Waals surface area contributed by atoms with Gasteiger partial charge in [-0.3, -0.25) is 29.7 Å². The number of para-hydroxylation sites is 1. The molecule has 1 atom stereocenters. The SMILES string of the molecule is Cc1c(O[C@H]2CC[C@@H](CCCC3CCN(c4ccc5c(C6CCC(=O)NC6=O)nn(C)c5c4)CC3)CC2)cccc1-c1ccc(N2CCc3cccc(C(=O)Nc4nc5ccccc5s4)c3C2)nc1C(=O)OC(C)(C)C. The molecule has 0 bridgehead atoms. The number of carbonyl (C=O) groups is 4. The van der Waals surface area contributed by atoms with Gasteiger partial charge < -0.3 is 19.3 Å². The summed E-state index contributed by atoms with van der Waals surface area (Å²) < 4.78 is 15.7. The van der Waals surface area contributed by atoms with Gasteiger partial charge in [-0.25, -0.2) is 14.8 Å². The minimum Gasteiger partial charge on any atom is -0.490 e. The normalized spacial score (nSPS) is 19.4. The number of esters is 1. The number of piperidine rings is 2. The average Bonchev–Trinajstić information content (AvgIpc) is 4.02. The zero-order valence-electron chi connectivity index (χ0n) is 44.3. The summed E-state index contributed by atoms with van der Waals surface area (Å²) in [6.45, 7) is 10.9. The Balaban J connectivity index is 0.692. The fourth-order valence-corrected chi connectivity index (χ4v) is 12.9. The largest absolute Gasteiger partial charge is 0.490 e. The Hall–Kier alpha value is -7.13. The van der Waals surface area contributed by atoms with Crippen LogP contribution in [0.5, 0.6) is 5.75 Å². The molecule has 1 unspecified atom stereocenters. The van der Waals surface area contributed by atoms with Crippen LogP contribution in [0.1, 0.15) is 141 Å². The highest BCUT2D eigenvalue weighted by molar-refractivity contribution is 7.22. The maximum absolute atomic E-state index is 14.1. The van der Waals surface area contributed by atoms with Gasteiger partial charge in [-0.05, 0) is 168 Å². The lowest BCUT2D eigenvalue weighted by atomic mass is 9.82. The Morgan fingerprint density at radius 3 is 2.36 bits per heavy atom. The van der Waals surface area contributed by atoms with Crippen molar-refractivity contribution in [1.29, 1.82) is 0 Å². The Morgan fingerprint density at radius 1 is 0.803 bits per heavy atom. The van der Waals surface area contributed by atoms with E-state index >= 15 is 0 Å². The second-order valence-corrected chi connectivity index (χ2v) is 23.4. The molecule has 3 aliphatic heterocycles. The predicted molar refractivity (Wildman–Crippen MR) is 299 cm³/mol. The second kappa shape index (κ2) is 21.5. The number of aromatic nitrogens is 4. The number of anilines is 3. The van der Waals surface area contributed by atoms with Crippen LogP contribution < -0.4 is 25.2 Å². The highest BCUT2D eigenvalue weighted by atomic mass is 32.1. The zero-order chi connectivity index (χ0) is 52.7. The van der Waals surface area contributed by atoms with Gasteiger partial charge in [0.05, 0.1) is 33.4 Å². The number of amides is 3. The highest BCUT2D eigenvalue weighted by Gasteiger charge is 2.33. The van der Waals surface area contributed by atoms with Crippen LogP contribution in [0.3, 0.4) is 0 Å². The summed E-state index contributed by atoms with van der Waals surface area (Å²) in [6.07, 6.45) is 12.2. The van der Waals surface area contributed by atoms with Gasteiger partial charge in [0.25, 0.3) is 5.91 Å². The van der Waals surface area contributed by atoms with Gasteiger partial charge in [0.2, 0.25) is 11.8 Å². The van der Waals surface area contributed by atoms with Gasteiger partial charge in [-0.2, -0.15) is 5.10 Å². The molecule has 76 heavy (non-hydrogen) atoms. The van der Waals surface area contributed by atoms with Crippen LogP contribution in [0.4, 0.5) is 16.6 Å². The number of nitrogens with one attached hydrogen (secondary N) is 2. The smallest absolute Gasteiger partial charge is 0.358 e. The molecule has 0 spiro atoms. The van der Waals surface area contributed by atoms with Crippen molar-refractivity contribution < 1.29 is 28.7 Å². The summed E-state index contributed by atoms with van der Waals surface area (Å²) in [5.41, 5.74) is 8.51. The summed E-state index contributed by atoms with van der Waals surface area (Å²) in [5.74, 6) is 1.36. The molecule has 7 aromatic rings. The van der Waals surface area contributed by atoms with E-state index in [1.165, 1.54) is 49.1 Å². The molecule has 15 heteroatoms. The molecule has 0 radical (unpaired) electrons. The van der Waals surface area contributed by atoms with Gasteiger partial charge >= 0.3 is 5.97 Å². The van der Waals surface area contributed by atoms with Crippen molar-refractivity contribution in [3.8, 4) is 16.9 Å². The first-order valence-corrected chi connectivity index (χ1v) is 28.1. The fraction of sp³-hybridized carbons (Fsp3) is 0.426. The number of aryl methyl sites for hydroxylation is 1. The first kappa shape index (κ1) is 51.0. The number of hydrogen-bond donors (Lipinski definition) is 2. The van der Waals surface area contributed by atoms with Crippen molar-refractivity contribution in [2.45, 2.75) is 129 Å². The number of rotatable bonds is 13. The monoisotopic (exact) mass is 1040 g/mol. The number of imide groups is 1. The van der Waals surface area contributed by atoms with E-state index in [0.717, 1.165) is 106 Å². The molecule has 14 nitrogen and oxygen atoms in total. The quantitative estimate of drug-likeness (QED) is 0.0835. The highest BCUT2D eigenvalue weighted by Crippen LogP contribution is 2.39. The topological polar surface area (TPSA) is 161 Å². The summed E-state index contributed by atoms with van der Waals surface area (Å²) in [6, 6.07) is 30.2. The molecule has 394 valence electrons. The third kappa shape index (κ3) is 10.9. The molecule has 2 saturated heterocycles. The van der Waals surface area contributed by atoms with E-state index in [2.05, 4.69) is 56.6 Å². The van der Waals surface area contributed by atoms with Gasteiger partial charge in [0.1, 0.15) is 17.2 Å². The molecule has 4 aliphatic rings. The minimum absolute atomic E-state index is 0.130. The van der Waals surface area contributed by atoms with Crippen molar-refractivity contribution in [1.82, 2.24) is 25.1 Å². The average molecular weight is 1040 g/mol. The third-order valence-corrected chi connectivity index (χ3v) is 17.1. The number of benzene rings is 4. The molecule has 1 saturated carbocycles. The Kier molecular flexibility index (Phi) is 14.4. The lowest BCUT2D eigenvalue weighted by Crippen LogP contribution is -2.39. The molecule has 3 aromatic heterocycles. The van der Waals surface area contributed by atoms with E-state index in [9.17, 15) is 19.2 Å². The molecule has 3 fully saturated rings. The van der Waals surface area contributed by atoms with Crippen molar-refractivity contribution in [2.75, 3.05) is 34.8 Å². The minimum atomic E-state index is -0.729. The maximum atomic E-state index is 14.1. The number of hydrogen-bond acceptors (Lipinski definition) is 12. The molecular weight excluding hydrogens is 973 g/mol. The van der Waals surface area contributed by atoms with E-state index in [4.69, 9.17) is 19.6 Å². The lowest BCUT2D eigenvalue weighted by molar-refractivity contribution is -0.134. The summed E-state index contributed by atoms with van der Waals surface area (Å²) in [5, 5.41) is 11.8. The molecule has 11 rings (SSSR count). The van der Waals surface area contributed by atoms with E-state index in [1.54, 1.807) is 0 Å². The summed E-state index contributed by atoms with van der Waals surface area (Å²) in [4.78, 5) is 66.7. The van der Waals surface area contributed by atoms with Gasteiger partial charge in [0.15, 0.2) is 10.8 Å². The van der Waals surface area contributed by atoms with Gasteiger partial charge in [-0.1, -0.05) is 67.0 Å². The predicted octanol–water partition coefficient (Wildman–Crippen LogP) is 11.9. The number of fused-ring (bicyclic) bond motifs is 3. The Labute approximate surface area is 448 Å². The van der Waals surface area contributed by atoms with Crippen LogP contribution in [-0.2, 0) is 34.3 Å². The number of nitrogens with zero attached hydrogens (tertiary/aromatic N) is 6. The lowest BCUT2D eigenvalue weighted by Gasteiger charge is -2.34. The Morgan fingerprint density at radius 2 is 1.58 bits per heavy atom. The molecule has 1 aliphatic carbocycles. The van der Waals surface area contributed by atoms with Crippen LogP contribution in [0.25, 0.3) is 32.2 Å². The van der Waals surface area contributed by atoms with Crippen molar-refractivity contribution >= 4 is 72.8 Å². The van der Waals surface area contributed by atoms with Crippen LogP contribution in [0.15, 0.2) is 91.0 Å². The standard InChI is InChI=1S/C61H68N8O6S/c1-37-43(44-25-27-53(63-56(44)59(73)75-61(2,3)4)69-34-31-40-13-9-15-45(48(40)36-69)57(71)65-60-62-49-16-6-7-18-52(49)76-60)14-10-17-51(37)74-42-22-19-38(20-23-42)11-8-12-39-29-32-68(33-30-39)41-21-24-46-50(35-41)67(5)66-55(46)47-26-28-54(70)64-58(47)72/h6-7,9-10,13-18,21,24-25,27,35,38-39,42,47H,8,11-12,19-20,22-23,26,28-34,36H2,1-5H3,(H,62,65,71)(H,64,70,72)/t38-,42+,47?. The molecule has 4 aromatic carbocycles. The van der Waals surface area contributed by atoms with E-state index in [-0.39, 0.29) is 29.5 Å². The fourth-order valence-electron chi connectivity index (χ4n) is 12.0. The number of thiazole rings is 1. The van der Waals surface area contributed by atoms with Crippen molar-refractivity contribution in [3.05, 3.63) is 125 Å². The van der Waals surface area contributed by atoms with Crippen LogP contribution >= 0.6 is 11.3 Å². The van der Waals surface area contributed by atoms with Crippen LogP contribution in [0.2, 0.25) is 0 Å². The number of carbonyl (C=O) groups excluding carboxylic acids is 4. The zero-order valence-corrected chi connectivity index (χ0v) is 45.1. The third-order valence-electron chi connectivity index (χ3n) is 16.1. The Bertz CT molecular complexity index is 3310. The molecule has 2 N–H and O–H groups in total. The first-order chi connectivity index (χ1) is 36.7. The molecular formula is C61H68N8O6S. The van der Waals surface area contributed by atoms with Crippen molar-refractivity contribution in [3.63, 3.8) is 0 Å². The van der Waals surface area contributed by atoms with Crippen LogP contribution in [0, 0.1) is 18.8 Å².